The number of hydrogen-bond donors (Lipinski definition) is 0. The lowest BCUT2D eigenvalue weighted by molar-refractivity contribution is 0.0476. The second-order valence-corrected chi connectivity index (χ2v) is 7.71. The lowest BCUT2D eigenvalue weighted by atomic mass is 10.0. The maximum absolute atomic E-state index is 13.0. The first-order valence-corrected chi connectivity index (χ1v) is 10.7. The van der Waals surface area contributed by atoms with Crippen LogP contribution in [0, 0.1) is 0 Å². The van der Waals surface area contributed by atoms with Crippen molar-refractivity contribution in [2.45, 2.75) is 0 Å². The second-order valence-electron chi connectivity index (χ2n) is 7.71. The van der Waals surface area contributed by atoms with E-state index in [1.54, 1.807) is 37.6 Å². The lowest BCUT2D eigenvalue weighted by Crippen LogP contribution is -2.15. The summed E-state index contributed by atoms with van der Waals surface area (Å²) in [4.78, 5) is 34.8. The molecule has 0 amide bonds. The molecule has 166 valence electrons. The Morgan fingerprint density at radius 2 is 1.62 bits per heavy atom. The molecule has 2 heterocycles. The molecule has 0 N–H and O–H groups in total. The Hall–Kier alpha value is -4.58. The van der Waals surface area contributed by atoms with E-state index in [1.807, 2.05) is 60.7 Å². The highest BCUT2D eigenvalue weighted by Crippen LogP contribution is 2.25. The van der Waals surface area contributed by atoms with Crippen LogP contribution in [0.15, 0.2) is 91.1 Å². The molecule has 6 heteroatoms. The topological polar surface area (TPSA) is 78.4 Å². The average molecular weight is 448 g/mol. The van der Waals surface area contributed by atoms with E-state index in [4.69, 9.17) is 9.47 Å². The van der Waals surface area contributed by atoms with Crippen molar-refractivity contribution in [2.75, 3.05) is 13.7 Å². The van der Waals surface area contributed by atoms with Crippen molar-refractivity contribution >= 4 is 33.4 Å². The van der Waals surface area contributed by atoms with Crippen LogP contribution < -0.4 is 4.74 Å². The maximum atomic E-state index is 13.0. The molecular weight excluding hydrogens is 428 g/mol. The largest absolute Gasteiger partial charge is 0.497 e. The first-order valence-electron chi connectivity index (χ1n) is 10.7. The zero-order valence-corrected chi connectivity index (χ0v) is 18.4. The summed E-state index contributed by atoms with van der Waals surface area (Å²) in [7, 11) is 1.61. The van der Waals surface area contributed by atoms with Crippen LogP contribution in [0.3, 0.4) is 0 Å². The number of esters is 1. The summed E-state index contributed by atoms with van der Waals surface area (Å²) in [5.74, 6) is -0.126. The van der Waals surface area contributed by atoms with Crippen molar-refractivity contribution in [3.63, 3.8) is 0 Å². The van der Waals surface area contributed by atoms with E-state index >= 15 is 0 Å². The number of Topliss-reactive ketones (excluding diaryl/α,β-unsaturated/α-hetero) is 1. The Morgan fingerprint density at radius 1 is 0.824 bits per heavy atom. The summed E-state index contributed by atoms with van der Waals surface area (Å²) in [6.07, 6.45) is 1.67. The first kappa shape index (κ1) is 21.3. The van der Waals surface area contributed by atoms with Crippen LogP contribution in [0.2, 0.25) is 0 Å². The Labute approximate surface area is 195 Å². The molecule has 2 aromatic heterocycles. The molecule has 6 nitrogen and oxygen atoms in total. The summed E-state index contributed by atoms with van der Waals surface area (Å²) < 4.78 is 10.7. The maximum Gasteiger partial charge on any atom is 0.339 e. The Balaban J connectivity index is 1.39. The number of ether oxygens (including phenoxy) is 2. The second kappa shape index (κ2) is 9.11. The molecule has 0 atom stereocenters. The fourth-order valence-corrected chi connectivity index (χ4v) is 3.81. The van der Waals surface area contributed by atoms with Gasteiger partial charge in [0.05, 0.1) is 29.6 Å². The zero-order chi connectivity index (χ0) is 23.5. The van der Waals surface area contributed by atoms with Crippen molar-refractivity contribution in [1.29, 1.82) is 0 Å². The van der Waals surface area contributed by atoms with Gasteiger partial charge in [0, 0.05) is 17.1 Å². The van der Waals surface area contributed by atoms with Crippen molar-refractivity contribution in [3.05, 3.63) is 102 Å². The highest BCUT2D eigenvalue weighted by molar-refractivity contribution is 6.06. The molecule has 5 rings (SSSR count). The number of para-hydroxylation sites is 1. The van der Waals surface area contributed by atoms with Gasteiger partial charge in [0.15, 0.2) is 12.4 Å². The van der Waals surface area contributed by atoms with E-state index in [0.717, 1.165) is 16.5 Å². The van der Waals surface area contributed by atoms with E-state index in [2.05, 4.69) is 9.97 Å². The van der Waals surface area contributed by atoms with Crippen LogP contribution in [0.25, 0.3) is 33.1 Å². The number of pyridine rings is 2. The van der Waals surface area contributed by atoms with Gasteiger partial charge in [-0.25, -0.2) is 9.78 Å². The smallest absolute Gasteiger partial charge is 0.339 e. The van der Waals surface area contributed by atoms with Gasteiger partial charge in [-0.15, -0.1) is 0 Å². The molecule has 0 radical (unpaired) electrons. The summed E-state index contributed by atoms with van der Waals surface area (Å²) >= 11 is 0. The minimum absolute atomic E-state index is 0.283. The van der Waals surface area contributed by atoms with Crippen molar-refractivity contribution in [2.24, 2.45) is 0 Å². The number of methoxy groups -OCH3 is 1. The van der Waals surface area contributed by atoms with Crippen LogP contribution >= 0.6 is 0 Å². The number of benzene rings is 3. The van der Waals surface area contributed by atoms with Crippen molar-refractivity contribution in [3.8, 4) is 17.1 Å². The van der Waals surface area contributed by atoms with Crippen molar-refractivity contribution < 1.29 is 19.1 Å². The molecule has 5 aromatic rings. The van der Waals surface area contributed by atoms with E-state index < -0.39 is 5.97 Å². The molecule has 0 fully saturated rings. The van der Waals surface area contributed by atoms with E-state index in [9.17, 15) is 9.59 Å². The van der Waals surface area contributed by atoms with Gasteiger partial charge < -0.3 is 9.47 Å². The minimum atomic E-state index is -0.588. The number of carbonyl (C=O) groups is 2. The van der Waals surface area contributed by atoms with Gasteiger partial charge in [-0.05, 0) is 53.2 Å². The number of ketones is 1. The summed E-state index contributed by atoms with van der Waals surface area (Å²) in [6, 6.07) is 25.4. The van der Waals surface area contributed by atoms with Gasteiger partial charge in [-0.1, -0.05) is 42.5 Å². The third-order valence-corrected chi connectivity index (χ3v) is 5.57. The summed E-state index contributed by atoms with van der Waals surface area (Å²) in [5, 5.41) is 2.51. The summed E-state index contributed by atoms with van der Waals surface area (Å²) in [5.41, 5.74) is 2.66. The molecule has 0 saturated carbocycles. The van der Waals surface area contributed by atoms with E-state index in [0.29, 0.717) is 33.4 Å². The lowest BCUT2D eigenvalue weighted by Gasteiger charge is -2.10. The fraction of sp³-hybridized carbons (Fsp3) is 0.0714. The van der Waals surface area contributed by atoms with Crippen LogP contribution in [-0.2, 0) is 4.74 Å². The van der Waals surface area contributed by atoms with Crippen LogP contribution in [0.4, 0.5) is 0 Å². The molecule has 0 bridgehead atoms. The molecule has 3 aromatic carbocycles. The standard InChI is InChI=1S/C28H20N2O4/c1-33-21-12-11-18-14-20(10-9-19(18)15-21)27(31)17-34-28(32)23-16-26(25-8-4-5-13-29-25)30-24-7-3-2-6-22(23)24/h2-16H,17H2,1H3. The van der Waals surface area contributed by atoms with Crippen LogP contribution in [-0.4, -0.2) is 35.4 Å². The van der Waals surface area contributed by atoms with Crippen LogP contribution in [0.5, 0.6) is 5.75 Å². The minimum Gasteiger partial charge on any atom is -0.497 e. The van der Waals surface area contributed by atoms with Gasteiger partial charge in [0.25, 0.3) is 0 Å². The molecular formula is C28H20N2O4. The van der Waals surface area contributed by atoms with E-state index in [1.165, 1.54) is 0 Å². The Kier molecular flexibility index (Phi) is 5.70. The molecule has 0 spiro atoms. The number of rotatable bonds is 6. The molecule has 34 heavy (non-hydrogen) atoms. The van der Waals surface area contributed by atoms with Gasteiger partial charge >= 0.3 is 5.97 Å². The van der Waals surface area contributed by atoms with Gasteiger partial charge in [0.1, 0.15) is 5.75 Å². The third kappa shape index (κ3) is 4.21. The number of hydrogen-bond acceptors (Lipinski definition) is 6. The van der Waals surface area contributed by atoms with Gasteiger partial charge in [-0.3, -0.25) is 9.78 Å². The number of nitrogens with zero attached hydrogens (tertiary/aromatic N) is 2. The normalized spacial score (nSPS) is 10.9. The third-order valence-electron chi connectivity index (χ3n) is 5.57. The first-order chi connectivity index (χ1) is 16.6. The van der Waals surface area contributed by atoms with Gasteiger partial charge in [-0.2, -0.15) is 0 Å². The quantitative estimate of drug-likeness (QED) is 0.252. The zero-order valence-electron chi connectivity index (χ0n) is 18.4. The number of carbonyl (C=O) groups excluding carboxylic acids is 2. The number of fused-ring (bicyclic) bond motifs is 2. The fourth-order valence-electron chi connectivity index (χ4n) is 3.81. The summed E-state index contributed by atoms with van der Waals surface area (Å²) in [6.45, 7) is -0.365. The van der Waals surface area contributed by atoms with Gasteiger partial charge in [0.2, 0.25) is 0 Å². The average Bonchev–Trinajstić information content (AvgIpc) is 2.90. The highest BCUT2D eigenvalue weighted by atomic mass is 16.5. The molecule has 0 unspecified atom stereocenters. The molecule has 0 aliphatic rings. The number of aromatic nitrogens is 2. The predicted molar refractivity (Wildman–Crippen MR) is 130 cm³/mol. The Bertz CT molecular complexity index is 1530. The Morgan fingerprint density at radius 3 is 2.44 bits per heavy atom. The van der Waals surface area contributed by atoms with Crippen molar-refractivity contribution in [1.82, 2.24) is 9.97 Å². The highest BCUT2D eigenvalue weighted by Gasteiger charge is 2.17. The monoisotopic (exact) mass is 448 g/mol. The predicted octanol–water partition coefficient (Wildman–Crippen LogP) is 5.50. The SMILES string of the molecule is COc1ccc2cc(C(=O)COC(=O)c3cc(-c4ccccn4)nc4ccccc34)ccc2c1. The molecule has 0 aliphatic carbocycles. The van der Waals surface area contributed by atoms with Crippen LogP contribution in [0.1, 0.15) is 20.7 Å². The molecule has 0 saturated heterocycles. The van der Waals surface area contributed by atoms with E-state index in [-0.39, 0.29) is 12.4 Å². The molecule has 0 aliphatic heterocycles.